The van der Waals surface area contributed by atoms with Crippen molar-refractivity contribution in [1.82, 2.24) is 10.2 Å². The summed E-state index contributed by atoms with van der Waals surface area (Å²) in [5.74, 6) is -1.01. The molecule has 3 rings (SSSR count). The fourth-order valence-electron chi connectivity index (χ4n) is 3.71. The molecule has 0 bridgehead atoms. The quantitative estimate of drug-likeness (QED) is 0.832. The number of benzene rings is 2. The average Bonchev–Trinajstić information content (AvgIpc) is 3.17. The zero-order valence-corrected chi connectivity index (χ0v) is 16.2. The summed E-state index contributed by atoms with van der Waals surface area (Å²) >= 11 is 0. The van der Waals surface area contributed by atoms with Crippen molar-refractivity contribution in [3.05, 3.63) is 65.5 Å². The van der Waals surface area contributed by atoms with Crippen molar-refractivity contribution in [3.8, 4) is 5.75 Å². The van der Waals surface area contributed by atoms with Crippen LogP contribution < -0.4 is 10.1 Å². The molecule has 2 amide bonds. The summed E-state index contributed by atoms with van der Waals surface area (Å²) in [6, 6.07) is 13.4. The van der Waals surface area contributed by atoms with E-state index < -0.39 is 17.6 Å². The average molecular weight is 384 g/mol. The predicted octanol–water partition coefficient (Wildman–Crippen LogP) is 3.22. The van der Waals surface area contributed by atoms with E-state index in [0.717, 1.165) is 12.0 Å². The summed E-state index contributed by atoms with van der Waals surface area (Å²) in [6.07, 6.45) is 0.829. The number of nitrogens with one attached hydrogen (secondary N) is 1. The van der Waals surface area contributed by atoms with Crippen LogP contribution in [0.5, 0.6) is 5.75 Å². The van der Waals surface area contributed by atoms with Gasteiger partial charge in [0, 0.05) is 25.6 Å². The Labute approximate surface area is 164 Å². The van der Waals surface area contributed by atoms with E-state index in [1.165, 1.54) is 12.1 Å². The van der Waals surface area contributed by atoms with Gasteiger partial charge in [-0.15, -0.1) is 0 Å². The first-order chi connectivity index (χ1) is 13.6. The zero-order chi connectivity index (χ0) is 20.1. The molecule has 5 nitrogen and oxygen atoms in total. The number of hydrogen-bond donors (Lipinski definition) is 1. The summed E-state index contributed by atoms with van der Waals surface area (Å²) in [5, 5.41) is 2.93. The highest BCUT2D eigenvalue weighted by atomic mass is 19.1. The number of hydrogen-bond acceptors (Lipinski definition) is 3. The van der Waals surface area contributed by atoms with E-state index in [9.17, 15) is 14.0 Å². The van der Waals surface area contributed by atoms with Crippen LogP contribution in [0.3, 0.4) is 0 Å². The normalized spacial score (nSPS) is 18.8. The smallest absolute Gasteiger partial charge is 0.256 e. The van der Waals surface area contributed by atoms with E-state index >= 15 is 0 Å². The molecule has 148 valence electrons. The van der Waals surface area contributed by atoms with Crippen LogP contribution >= 0.6 is 0 Å². The lowest BCUT2D eigenvalue weighted by molar-refractivity contribution is -0.124. The molecule has 0 unspecified atom stereocenters. The van der Waals surface area contributed by atoms with Crippen LogP contribution in [0.1, 0.15) is 35.2 Å². The van der Waals surface area contributed by atoms with Crippen LogP contribution in [-0.2, 0) is 4.79 Å². The predicted molar refractivity (Wildman–Crippen MR) is 105 cm³/mol. The minimum absolute atomic E-state index is 0.0240. The van der Waals surface area contributed by atoms with Crippen LogP contribution in [0.4, 0.5) is 4.39 Å². The fraction of sp³-hybridized carbons (Fsp3) is 0.364. The lowest BCUT2D eigenvalue weighted by Crippen LogP contribution is -2.36. The van der Waals surface area contributed by atoms with Gasteiger partial charge in [-0.2, -0.15) is 0 Å². The molecule has 1 aliphatic heterocycles. The molecule has 1 aliphatic rings. The fourth-order valence-corrected chi connectivity index (χ4v) is 3.71. The molecule has 2 aromatic carbocycles. The lowest BCUT2D eigenvalue weighted by atomic mass is 9.87. The van der Waals surface area contributed by atoms with E-state index in [2.05, 4.69) is 5.32 Å². The molecule has 0 saturated carbocycles. The lowest BCUT2D eigenvalue weighted by Gasteiger charge is -2.20. The molecule has 1 fully saturated rings. The van der Waals surface area contributed by atoms with E-state index in [1.807, 2.05) is 31.2 Å². The van der Waals surface area contributed by atoms with Gasteiger partial charge in [-0.3, -0.25) is 9.59 Å². The maximum atomic E-state index is 14.1. The molecule has 1 N–H and O–H groups in total. The largest absolute Gasteiger partial charge is 0.496 e. The maximum Gasteiger partial charge on any atom is 0.256 e. The number of para-hydroxylation sites is 1. The van der Waals surface area contributed by atoms with Gasteiger partial charge in [0.1, 0.15) is 11.6 Å². The Hall–Kier alpha value is -2.89. The first-order valence-corrected chi connectivity index (χ1v) is 9.51. The van der Waals surface area contributed by atoms with Gasteiger partial charge in [0.15, 0.2) is 0 Å². The van der Waals surface area contributed by atoms with Crippen molar-refractivity contribution in [2.75, 3.05) is 26.7 Å². The minimum Gasteiger partial charge on any atom is -0.496 e. The van der Waals surface area contributed by atoms with Gasteiger partial charge in [-0.1, -0.05) is 37.3 Å². The van der Waals surface area contributed by atoms with Crippen molar-refractivity contribution in [3.63, 3.8) is 0 Å². The Balaban J connectivity index is 1.91. The van der Waals surface area contributed by atoms with Crippen molar-refractivity contribution < 1.29 is 18.7 Å². The van der Waals surface area contributed by atoms with Crippen LogP contribution in [0, 0.1) is 11.7 Å². The summed E-state index contributed by atoms with van der Waals surface area (Å²) in [6.45, 7) is 3.14. The Bertz CT molecular complexity index is 855. The van der Waals surface area contributed by atoms with Crippen molar-refractivity contribution >= 4 is 11.8 Å². The SMILES string of the molecule is CCCNC(=O)[C@H]1CN(C(=O)c2ccccc2F)C[C@H]1c1ccccc1OC. The molecule has 2 atom stereocenters. The first kappa shape index (κ1) is 19.9. The molecule has 6 heteroatoms. The van der Waals surface area contributed by atoms with Crippen molar-refractivity contribution in [2.24, 2.45) is 5.92 Å². The number of nitrogens with zero attached hydrogens (tertiary/aromatic N) is 1. The molecule has 28 heavy (non-hydrogen) atoms. The topological polar surface area (TPSA) is 58.6 Å². The third-order valence-corrected chi connectivity index (χ3v) is 5.14. The molecular formula is C22H25FN2O3. The van der Waals surface area contributed by atoms with Gasteiger partial charge in [0.05, 0.1) is 18.6 Å². The molecule has 0 aromatic heterocycles. The number of ether oxygens (including phenoxy) is 1. The second kappa shape index (κ2) is 8.87. The van der Waals surface area contributed by atoms with Gasteiger partial charge in [-0.05, 0) is 30.2 Å². The molecule has 1 heterocycles. The first-order valence-electron chi connectivity index (χ1n) is 9.51. The number of carbonyl (C=O) groups excluding carboxylic acids is 2. The molecule has 0 radical (unpaired) electrons. The van der Waals surface area contributed by atoms with Crippen LogP contribution in [-0.4, -0.2) is 43.5 Å². The summed E-state index contributed by atoms with van der Waals surface area (Å²) in [4.78, 5) is 27.3. The number of carbonyl (C=O) groups is 2. The molecule has 1 saturated heterocycles. The zero-order valence-electron chi connectivity index (χ0n) is 16.2. The highest BCUT2D eigenvalue weighted by Crippen LogP contribution is 2.38. The van der Waals surface area contributed by atoms with Crippen LogP contribution in [0.25, 0.3) is 0 Å². The van der Waals surface area contributed by atoms with Crippen molar-refractivity contribution in [2.45, 2.75) is 19.3 Å². The number of halogens is 1. The van der Waals surface area contributed by atoms with Crippen molar-refractivity contribution in [1.29, 1.82) is 0 Å². The number of rotatable bonds is 6. The van der Waals surface area contributed by atoms with E-state index in [1.54, 1.807) is 24.1 Å². The van der Waals surface area contributed by atoms with Gasteiger partial charge < -0.3 is 15.0 Å². The van der Waals surface area contributed by atoms with Crippen LogP contribution in [0.15, 0.2) is 48.5 Å². The van der Waals surface area contributed by atoms with Gasteiger partial charge >= 0.3 is 0 Å². The summed E-state index contributed by atoms with van der Waals surface area (Å²) in [5.41, 5.74) is 0.904. The standard InChI is InChI=1S/C22H25FN2O3/c1-3-12-24-21(26)18-14-25(22(27)16-9-4-6-10-19(16)23)13-17(18)15-8-5-7-11-20(15)28-2/h4-11,17-18H,3,12-14H2,1-2H3,(H,24,26)/t17-,18-/m0/s1. The molecular weight excluding hydrogens is 359 g/mol. The Kier molecular flexibility index (Phi) is 6.29. The van der Waals surface area contributed by atoms with Gasteiger partial charge in [0.25, 0.3) is 5.91 Å². The molecule has 0 aliphatic carbocycles. The Morgan fingerprint density at radius 1 is 1.14 bits per heavy atom. The van der Waals surface area contributed by atoms with Gasteiger partial charge in [-0.25, -0.2) is 4.39 Å². The molecule has 2 aromatic rings. The van der Waals surface area contributed by atoms with Crippen LogP contribution in [0.2, 0.25) is 0 Å². The second-order valence-electron chi connectivity index (χ2n) is 6.94. The molecule has 0 spiro atoms. The summed E-state index contributed by atoms with van der Waals surface area (Å²) < 4.78 is 19.6. The minimum atomic E-state index is -0.555. The highest BCUT2D eigenvalue weighted by Gasteiger charge is 2.41. The number of methoxy groups -OCH3 is 1. The van der Waals surface area contributed by atoms with E-state index in [-0.39, 0.29) is 23.9 Å². The number of likely N-dealkylation sites (tertiary alicyclic amines) is 1. The third kappa shape index (κ3) is 4.01. The Morgan fingerprint density at radius 3 is 2.57 bits per heavy atom. The monoisotopic (exact) mass is 384 g/mol. The second-order valence-corrected chi connectivity index (χ2v) is 6.94. The number of amides is 2. The Morgan fingerprint density at radius 2 is 1.86 bits per heavy atom. The summed E-state index contributed by atoms with van der Waals surface area (Å²) in [7, 11) is 1.59. The highest BCUT2D eigenvalue weighted by molar-refractivity contribution is 5.95. The maximum absolute atomic E-state index is 14.1. The third-order valence-electron chi connectivity index (χ3n) is 5.14. The van der Waals surface area contributed by atoms with Gasteiger partial charge in [0.2, 0.25) is 5.91 Å². The van der Waals surface area contributed by atoms with E-state index in [0.29, 0.717) is 18.8 Å². The van der Waals surface area contributed by atoms with E-state index in [4.69, 9.17) is 4.74 Å².